The highest BCUT2D eigenvalue weighted by Crippen LogP contribution is 2.36. The summed E-state index contributed by atoms with van der Waals surface area (Å²) in [6, 6.07) is 16.1. The number of hydrogen-bond acceptors (Lipinski definition) is 5. The van der Waals surface area contributed by atoms with Crippen LogP contribution in [0.2, 0.25) is 0 Å². The molecule has 0 radical (unpaired) electrons. The van der Waals surface area contributed by atoms with Crippen molar-refractivity contribution in [2.45, 2.75) is 6.54 Å². The van der Waals surface area contributed by atoms with Gasteiger partial charge >= 0.3 is 0 Å². The number of aromatic nitrogens is 2. The molecule has 0 saturated carbocycles. The van der Waals surface area contributed by atoms with E-state index >= 15 is 0 Å². The van der Waals surface area contributed by atoms with Gasteiger partial charge in [0.2, 0.25) is 0 Å². The summed E-state index contributed by atoms with van der Waals surface area (Å²) in [6.45, 7) is 3.42. The van der Waals surface area contributed by atoms with E-state index in [1.54, 1.807) is 0 Å². The first-order valence-corrected chi connectivity index (χ1v) is 8.42. The molecule has 124 valence electrons. The first-order valence-electron chi connectivity index (χ1n) is 8.42. The molecule has 2 aliphatic rings. The van der Waals surface area contributed by atoms with Crippen LogP contribution >= 0.6 is 0 Å². The van der Waals surface area contributed by atoms with Gasteiger partial charge in [0, 0.05) is 19.6 Å². The van der Waals surface area contributed by atoms with E-state index in [0.29, 0.717) is 5.39 Å². The fourth-order valence-electron chi connectivity index (χ4n) is 3.65. The summed E-state index contributed by atoms with van der Waals surface area (Å²) in [5, 5.41) is 8.45. The largest absolute Gasteiger partial charge is 0.310 e. The molecule has 2 aromatic carbocycles. The maximum absolute atomic E-state index is 12.0. The molecule has 0 amide bonds. The standard InChI is InChI=1S/C19H17N5O/c25-19-14-7-4-8-15-17(14)18(21-22-19)24-10-9-23(12-16(24)20-15)11-13-5-2-1-3-6-13/h1-8H,9-12H2,(H,22,25). The summed E-state index contributed by atoms with van der Waals surface area (Å²) in [6.07, 6.45) is 0. The highest BCUT2D eigenvalue weighted by atomic mass is 16.1. The molecule has 0 bridgehead atoms. The third kappa shape index (κ3) is 2.34. The van der Waals surface area contributed by atoms with Crippen LogP contribution < -0.4 is 10.5 Å². The van der Waals surface area contributed by atoms with Crippen molar-refractivity contribution in [1.29, 1.82) is 0 Å². The Morgan fingerprint density at radius 2 is 1.92 bits per heavy atom. The third-order valence-electron chi connectivity index (χ3n) is 4.84. The van der Waals surface area contributed by atoms with E-state index in [1.807, 2.05) is 24.3 Å². The van der Waals surface area contributed by atoms with Gasteiger partial charge in [0.15, 0.2) is 5.82 Å². The van der Waals surface area contributed by atoms with Crippen LogP contribution in [-0.2, 0) is 6.54 Å². The van der Waals surface area contributed by atoms with Crippen LogP contribution in [-0.4, -0.2) is 40.6 Å². The van der Waals surface area contributed by atoms with Crippen LogP contribution in [0.15, 0.2) is 58.3 Å². The predicted octanol–water partition coefficient (Wildman–Crippen LogP) is 2.29. The third-order valence-corrected chi connectivity index (χ3v) is 4.84. The van der Waals surface area contributed by atoms with Crippen LogP contribution in [0.4, 0.5) is 11.5 Å². The van der Waals surface area contributed by atoms with Crippen molar-refractivity contribution in [3.05, 3.63) is 64.4 Å². The lowest BCUT2D eigenvalue weighted by atomic mass is 10.1. The van der Waals surface area contributed by atoms with Gasteiger partial charge in [0.25, 0.3) is 5.56 Å². The molecular weight excluding hydrogens is 314 g/mol. The molecule has 1 N–H and O–H groups in total. The van der Waals surface area contributed by atoms with Crippen molar-refractivity contribution in [2.75, 3.05) is 24.5 Å². The minimum atomic E-state index is -0.165. The van der Waals surface area contributed by atoms with Gasteiger partial charge in [-0.15, -0.1) is 0 Å². The Kier molecular flexibility index (Phi) is 3.18. The van der Waals surface area contributed by atoms with Crippen LogP contribution in [0, 0.1) is 0 Å². The van der Waals surface area contributed by atoms with Crippen LogP contribution in [0.1, 0.15) is 5.56 Å². The molecule has 1 fully saturated rings. The lowest BCUT2D eigenvalue weighted by Crippen LogP contribution is -2.51. The fourth-order valence-corrected chi connectivity index (χ4v) is 3.65. The summed E-state index contributed by atoms with van der Waals surface area (Å²) in [7, 11) is 0. The number of hydrogen-bond donors (Lipinski definition) is 1. The van der Waals surface area contributed by atoms with Gasteiger partial charge in [-0.25, -0.2) is 10.1 Å². The van der Waals surface area contributed by atoms with Gasteiger partial charge in [-0.05, 0) is 17.7 Å². The average Bonchev–Trinajstić information content (AvgIpc) is 2.65. The van der Waals surface area contributed by atoms with Gasteiger partial charge in [-0.2, -0.15) is 5.10 Å². The van der Waals surface area contributed by atoms with Gasteiger partial charge in [-0.1, -0.05) is 36.4 Å². The zero-order valence-electron chi connectivity index (χ0n) is 13.6. The van der Waals surface area contributed by atoms with Gasteiger partial charge in [0.05, 0.1) is 23.0 Å². The minimum Gasteiger partial charge on any atom is -0.310 e. The lowest BCUT2D eigenvalue weighted by Gasteiger charge is -2.38. The summed E-state index contributed by atoms with van der Waals surface area (Å²) in [5.41, 5.74) is 1.97. The zero-order chi connectivity index (χ0) is 16.8. The second-order valence-electron chi connectivity index (χ2n) is 6.45. The SMILES string of the molecule is O=c1[nH]nc2c3c(cccc13)N=C1CN(Cc3ccccc3)CCN12. The first kappa shape index (κ1) is 14.4. The monoisotopic (exact) mass is 331 g/mol. The molecule has 6 nitrogen and oxygen atoms in total. The van der Waals surface area contributed by atoms with Crippen molar-refractivity contribution < 1.29 is 0 Å². The van der Waals surface area contributed by atoms with E-state index in [0.717, 1.165) is 48.9 Å². The van der Waals surface area contributed by atoms with E-state index in [9.17, 15) is 4.79 Å². The lowest BCUT2D eigenvalue weighted by molar-refractivity contribution is 0.296. The molecule has 1 saturated heterocycles. The van der Waals surface area contributed by atoms with Crippen LogP contribution in [0.5, 0.6) is 0 Å². The van der Waals surface area contributed by atoms with E-state index in [-0.39, 0.29) is 5.56 Å². The maximum Gasteiger partial charge on any atom is 0.272 e. The number of H-pyrrole nitrogens is 1. The molecule has 5 rings (SSSR count). The highest BCUT2D eigenvalue weighted by Gasteiger charge is 2.30. The van der Waals surface area contributed by atoms with Gasteiger partial charge in [-0.3, -0.25) is 9.69 Å². The van der Waals surface area contributed by atoms with Gasteiger partial charge in [0.1, 0.15) is 5.84 Å². The molecule has 0 atom stereocenters. The minimum absolute atomic E-state index is 0.165. The summed E-state index contributed by atoms with van der Waals surface area (Å²) in [4.78, 5) is 21.4. The number of benzene rings is 2. The number of amidine groups is 1. The smallest absolute Gasteiger partial charge is 0.272 e. The summed E-state index contributed by atoms with van der Waals surface area (Å²) in [5.74, 6) is 1.80. The molecule has 1 aromatic heterocycles. The van der Waals surface area contributed by atoms with Crippen molar-refractivity contribution in [2.24, 2.45) is 4.99 Å². The molecule has 0 spiro atoms. The van der Waals surface area contributed by atoms with Crippen molar-refractivity contribution in [3.8, 4) is 0 Å². The Bertz CT molecular complexity index is 1040. The number of fused-ring (bicyclic) bond motifs is 2. The van der Waals surface area contributed by atoms with Gasteiger partial charge < -0.3 is 4.90 Å². The predicted molar refractivity (Wildman–Crippen MR) is 98.5 cm³/mol. The molecule has 2 aliphatic heterocycles. The average molecular weight is 331 g/mol. The molecule has 0 aliphatic carbocycles. The second kappa shape index (κ2) is 5.53. The second-order valence-corrected chi connectivity index (χ2v) is 6.45. The number of aromatic amines is 1. The number of nitrogens with one attached hydrogen (secondary N) is 1. The topological polar surface area (TPSA) is 64.6 Å². The van der Waals surface area contributed by atoms with E-state index in [1.165, 1.54) is 5.56 Å². The summed E-state index contributed by atoms with van der Waals surface area (Å²) < 4.78 is 0. The Hall–Kier alpha value is -2.99. The molecule has 0 unspecified atom stereocenters. The normalized spacial score (nSPS) is 16.6. The van der Waals surface area contributed by atoms with E-state index < -0.39 is 0 Å². The number of piperazine rings is 1. The zero-order valence-corrected chi connectivity index (χ0v) is 13.6. The first-order chi connectivity index (χ1) is 12.3. The van der Waals surface area contributed by atoms with Crippen molar-refractivity contribution >= 4 is 28.1 Å². The van der Waals surface area contributed by atoms with E-state index in [4.69, 9.17) is 4.99 Å². The molecule has 25 heavy (non-hydrogen) atoms. The van der Waals surface area contributed by atoms with Crippen LogP contribution in [0.25, 0.3) is 10.8 Å². The molecule has 3 heterocycles. The molecule has 6 heteroatoms. The molecular formula is C19H17N5O. The fraction of sp³-hybridized carbons (Fsp3) is 0.211. The highest BCUT2D eigenvalue weighted by molar-refractivity contribution is 6.14. The number of nitrogens with zero attached hydrogens (tertiary/aromatic N) is 4. The van der Waals surface area contributed by atoms with E-state index in [2.05, 4.69) is 44.3 Å². The van der Waals surface area contributed by atoms with Crippen LogP contribution in [0.3, 0.4) is 0 Å². The number of anilines is 1. The quantitative estimate of drug-likeness (QED) is 0.782. The van der Waals surface area contributed by atoms with Crippen molar-refractivity contribution in [1.82, 2.24) is 15.1 Å². The Balaban J connectivity index is 1.52. The summed E-state index contributed by atoms with van der Waals surface area (Å²) >= 11 is 0. The maximum atomic E-state index is 12.0. The molecule has 3 aromatic rings. The Morgan fingerprint density at radius 1 is 1.04 bits per heavy atom. The number of aliphatic imine (C=N–C) groups is 1. The Morgan fingerprint density at radius 3 is 2.80 bits per heavy atom. The Labute approximate surface area is 144 Å². The van der Waals surface area contributed by atoms with Crippen molar-refractivity contribution in [3.63, 3.8) is 0 Å². The number of rotatable bonds is 2.